The van der Waals surface area contributed by atoms with Gasteiger partial charge < -0.3 is 4.90 Å². The number of rotatable bonds is 3. The predicted octanol–water partition coefficient (Wildman–Crippen LogP) is 3.95. The highest BCUT2D eigenvalue weighted by atomic mass is 79.9. The normalized spacial score (nSPS) is 10.2. The van der Waals surface area contributed by atoms with Gasteiger partial charge in [0.25, 0.3) is 0 Å². The zero-order valence-corrected chi connectivity index (χ0v) is 10.2. The first-order valence-electron chi connectivity index (χ1n) is 4.39. The summed E-state index contributed by atoms with van der Waals surface area (Å²) in [6.45, 7) is 6.31. The number of anilines is 1. The van der Waals surface area contributed by atoms with Crippen LogP contribution in [0.1, 0.15) is 13.8 Å². The molecule has 0 amide bonds. The molecule has 0 spiro atoms. The Labute approximate surface area is 92.8 Å². The minimum absolute atomic E-state index is 0.766. The summed E-state index contributed by atoms with van der Waals surface area (Å²) in [5.74, 6) is 0. The Balaban J connectivity index is 2.99. The van der Waals surface area contributed by atoms with Crippen molar-refractivity contribution in [2.24, 2.45) is 0 Å². The van der Waals surface area contributed by atoms with Crippen molar-refractivity contribution in [3.05, 3.63) is 27.7 Å². The fourth-order valence-electron chi connectivity index (χ4n) is 1.30. The van der Waals surface area contributed by atoms with E-state index in [-0.39, 0.29) is 0 Å². The van der Waals surface area contributed by atoms with Gasteiger partial charge >= 0.3 is 0 Å². The average molecular weight is 263 g/mol. The zero-order valence-electron chi connectivity index (χ0n) is 7.85. The Kier molecular flexibility index (Phi) is 4.07. The fraction of sp³-hybridized carbons (Fsp3) is 0.400. The second-order valence-electron chi connectivity index (χ2n) is 2.77. The van der Waals surface area contributed by atoms with Crippen LogP contribution in [0.3, 0.4) is 0 Å². The highest BCUT2D eigenvalue weighted by molar-refractivity contribution is 9.10. The van der Waals surface area contributed by atoms with Gasteiger partial charge in [-0.25, -0.2) is 0 Å². The maximum atomic E-state index is 5.86. The van der Waals surface area contributed by atoms with Gasteiger partial charge in [-0.2, -0.15) is 0 Å². The topological polar surface area (TPSA) is 3.24 Å². The van der Waals surface area contributed by atoms with Crippen molar-refractivity contribution in [1.29, 1.82) is 0 Å². The van der Waals surface area contributed by atoms with E-state index in [0.717, 1.165) is 22.6 Å². The highest BCUT2D eigenvalue weighted by Crippen LogP contribution is 2.28. The van der Waals surface area contributed by atoms with E-state index in [4.69, 9.17) is 11.6 Å². The van der Waals surface area contributed by atoms with Crippen LogP contribution < -0.4 is 4.90 Å². The summed E-state index contributed by atoms with van der Waals surface area (Å²) in [4.78, 5) is 2.28. The van der Waals surface area contributed by atoms with Crippen LogP contribution in [0.5, 0.6) is 0 Å². The molecule has 0 unspecified atom stereocenters. The lowest BCUT2D eigenvalue weighted by molar-refractivity contribution is 0.864. The number of nitrogens with zero attached hydrogens (tertiary/aromatic N) is 1. The van der Waals surface area contributed by atoms with E-state index in [1.54, 1.807) is 0 Å². The average Bonchev–Trinajstić information content (AvgIpc) is 2.10. The Morgan fingerprint density at radius 1 is 1.31 bits per heavy atom. The molecule has 0 aromatic heterocycles. The van der Waals surface area contributed by atoms with Crippen LogP contribution in [0, 0.1) is 0 Å². The van der Waals surface area contributed by atoms with Gasteiger partial charge in [-0.15, -0.1) is 0 Å². The molecule has 0 aliphatic rings. The Hall–Kier alpha value is -0.210. The molecule has 0 aliphatic carbocycles. The molecular weight excluding hydrogens is 249 g/mol. The summed E-state index contributed by atoms with van der Waals surface area (Å²) in [5.41, 5.74) is 1.20. The molecule has 0 saturated heterocycles. The summed E-state index contributed by atoms with van der Waals surface area (Å²) < 4.78 is 1.06. The fourth-order valence-corrected chi connectivity index (χ4v) is 2.24. The lowest BCUT2D eigenvalue weighted by Crippen LogP contribution is -2.22. The van der Waals surface area contributed by atoms with Crippen molar-refractivity contribution < 1.29 is 0 Å². The molecule has 0 aliphatic heterocycles. The highest BCUT2D eigenvalue weighted by Gasteiger charge is 2.05. The van der Waals surface area contributed by atoms with Gasteiger partial charge in [0.2, 0.25) is 0 Å². The maximum absolute atomic E-state index is 5.86. The molecule has 0 N–H and O–H groups in total. The number of benzene rings is 1. The van der Waals surface area contributed by atoms with E-state index in [0.29, 0.717) is 0 Å². The molecule has 1 nitrogen and oxygen atoms in total. The SMILES string of the molecule is CCN(CC)c1ccc(Cl)cc1Br. The van der Waals surface area contributed by atoms with Crippen molar-refractivity contribution in [3.8, 4) is 0 Å². The van der Waals surface area contributed by atoms with Crippen LogP contribution >= 0.6 is 27.5 Å². The van der Waals surface area contributed by atoms with Crippen molar-refractivity contribution in [2.75, 3.05) is 18.0 Å². The second kappa shape index (κ2) is 4.87. The molecule has 1 aromatic rings. The summed E-state index contributed by atoms with van der Waals surface area (Å²) in [7, 11) is 0. The van der Waals surface area contributed by atoms with Gasteiger partial charge in [-0.1, -0.05) is 11.6 Å². The van der Waals surface area contributed by atoms with E-state index >= 15 is 0 Å². The van der Waals surface area contributed by atoms with Gasteiger partial charge in [0.05, 0.1) is 5.69 Å². The molecule has 72 valence electrons. The molecule has 0 radical (unpaired) electrons. The standard InChI is InChI=1S/C10H13BrClN/c1-3-13(4-2)10-6-5-8(12)7-9(10)11/h5-7H,3-4H2,1-2H3. The van der Waals surface area contributed by atoms with Gasteiger partial charge in [0, 0.05) is 22.6 Å². The Bertz CT molecular complexity index is 284. The Morgan fingerprint density at radius 3 is 2.38 bits per heavy atom. The molecule has 0 bridgehead atoms. The van der Waals surface area contributed by atoms with Crippen LogP contribution in [0.4, 0.5) is 5.69 Å². The molecule has 13 heavy (non-hydrogen) atoms. The lowest BCUT2D eigenvalue weighted by Gasteiger charge is -2.22. The minimum atomic E-state index is 0.766. The van der Waals surface area contributed by atoms with Crippen LogP contribution in [0.25, 0.3) is 0 Å². The van der Waals surface area contributed by atoms with E-state index < -0.39 is 0 Å². The first kappa shape index (κ1) is 10.9. The van der Waals surface area contributed by atoms with E-state index in [9.17, 15) is 0 Å². The van der Waals surface area contributed by atoms with Crippen LogP contribution in [0.2, 0.25) is 5.02 Å². The van der Waals surface area contributed by atoms with Crippen LogP contribution in [-0.2, 0) is 0 Å². The smallest absolute Gasteiger partial charge is 0.0511 e. The third-order valence-corrected chi connectivity index (χ3v) is 2.88. The maximum Gasteiger partial charge on any atom is 0.0511 e. The first-order chi connectivity index (χ1) is 6.19. The van der Waals surface area contributed by atoms with Crippen LogP contribution in [-0.4, -0.2) is 13.1 Å². The molecule has 0 fully saturated rings. The second-order valence-corrected chi connectivity index (χ2v) is 4.06. The van der Waals surface area contributed by atoms with Crippen molar-refractivity contribution in [1.82, 2.24) is 0 Å². The summed E-state index contributed by atoms with van der Waals surface area (Å²) >= 11 is 9.36. The molecule has 0 atom stereocenters. The quantitative estimate of drug-likeness (QED) is 0.797. The van der Waals surface area contributed by atoms with E-state index in [2.05, 4.69) is 34.7 Å². The van der Waals surface area contributed by atoms with Crippen LogP contribution in [0.15, 0.2) is 22.7 Å². The molecule has 0 saturated carbocycles. The van der Waals surface area contributed by atoms with Crippen molar-refractivity contribution in [2.45, 2.75) is 13.8 Å². The summed E-state index contributed by atoms with van der Waals surface area (Å²) in [5, 5.41) is 0.766. The van der Waals surface area contributed by atoms with E-state index in [1.165, 1.54) is 5.69 Å². The zero-order chi connectivity index (χ0) is 9.84. The van der Waals surface area contributed by atoms with E-state index in [1.807, 2.05) is 18.2 Å². The van der Waals surface area contributed by atoms with Gasteiger partial charge in [-0.05, 0) is 48.0 Å². The lowest BCUT2D eigenvalue weighted by atomic mass is 10.3. The molecule has 0 heterocycles. The summed E-state index contributed by atoms with van der Waals surface area (Å²) in [6.07, 6.45) is 0. The van der Waals surface area contributed by atoms with Crippen molar-refractivity contribution in [3.63, 3.8) is 0 Å². The molecule has 1 aromatic carbocycles. The summed E-state index contributed by atoms with van der Waals surface area (Å²) in [6, 6.07) is 5.88. The number of hydrogen-bond donors (Lipinski definition) is 0. The van der Waals surface area contributed by atoms with Crippen molar-refractivity contribution >= 4 is 33.2 Å². The monoisotopic (exact) mass is 261 g/mol. The Morgan fingerprint density at radius 2 is 1.92 bits per heavy atom. The molecule has 1 rings (SSSR count). The predicted molar refractivity (Wildman–Crippen MR) is 62.7 cm³/mol. The number of hydrogen-bond acceptors (Lipinski definition) is 1. The number of halogens is 2. The van der Waals surface area contributed by atoms with Gasteiger partial charge in [0.15, 0.2) is 0 Å². The molecule has 3 heteroatoms. The molecular formula is C10H13BrClN. The third-order valence-electron chi connectivity index (χ3n) is 2.01. The third kappa shape index (κ3) is 2.61. The van der Waals surface area contributed by atoms with Gasteiger partial charge in [-0.3, -0.25) is 0 Å². The largest absolute Gasteiger partial charge is 0.371 e. The van der Waals surface area contributed by atoms with Gasteiger partial charge in [0.1, 0.15) is 0 Å². The first-order valence-corrected chi connectivity index (χ1v) is 5.56. The minimum Gasteiger partial charge on any atom is -0.371 e.